The van der Waals surface area contributed by atoms with Crippen molar-refractivity contribution >= 4 is 16.7 Å². The van der Waals surface area contributed by atoms with Crippen LogP contribution >= 0.6 is 0 Å². The molecule has 2 aromatic heterocycles. The van der Waals surface area contributed by atoms with Crippen LogP contribution < -0.4 is 4.90 Å². The number of rotatable bonds is 2. The zero-order chi connectivity index (χ0) is 18.3. The maximum atomic E-state index is 10.6. The third-order valence-corrected chi connectivity index (χ3v) is 6.83. The number of β-amino-alcohol motifs (C(OH)–C–C–N with tert-alkyl or cyclic N) is 1. The van der Waals surface area contributed by atoms with Crippen LogP contribution in [0.3, 0.4) is 0 Å². The van der Waals surface area contributed by atoms with Crippen molar-refractivity contribution in [2.45, 2.75) is 44.2 Å². The molecule has 5 rings (SSSR count). The largest absolute Gasteiger partial charge is 0.392 e. The van der Waals surface area contributed by atoms with Crippen molar-refractivity contribution in [1.82, 2.24) is 20.1 Å². The fourth-order valence-corrected chi connectivity index (χ4v) is 5.38. The van der Waals surface area contributed by atoms with Gasteiger partial charge < -0.3 is 14.7 Å². The van der Waals surface area contributed by atoms with Crippen LogP contribution in [0.4, 0.5) is 5.82 Å². The van der Waals surface area contributed by atoms with Crippen molar-refractivity contribution in [2.24, 2.45) is 5.41 Å². The van der Waals surface area contributed by atoms with E-state index in [4.69, 9.17) is 4.74 Å². The van der Waals surface area contributed by atoms with Gasteiger partial charge in [0.25, 0.3) is 0 Å². The van der Waals surface area contributed by atoms with Gasteiger partial charge in [-0.1, -0.05) is 0 Å². The van der Waals surface area contributed by atoms with Gasteiger partial charge in [0.2, 0.25) is 0 Å². The molecule has 1 spiro atoms. The number of nitrogens with zero attached hydrogens (tertiary/aromatic N) is 4. The Balaban J connectivity index is 1.30. The quantitative estimate of drug-likeness (QED) is 0.838. The molecule has 0 aromatic carbocycles. The van der Waals surface area contributed by atoms with Crippen LogP contribution in [0.2, 0.25) is 0 Å². The molecule has 1 unspecified atom stereocenters. The predicted molar refractivity (Wildman–Crippen MR) is 104 cm³/mol. The van der Waals surface area contributed by atoms with Crippen molar-refractivity contribution in [1.29, 1.82) is 0 Å². The second kappa shape index (κ2) is 7.04. The molecule has 3 fully saturated rings. The Morgan fingerprint density at radius 3 is 2.85 bits per heavy atom. The monoisotopic (exact) mass is 371 g/mol. The van der Waals surface area contributed by atoms with Crippen molar-refractivity contribution in [3.05, 3.63) is 18.5 Å². The molecule has 3 aliphatic rings. The topological polar surface area (TPSA) is 77.5 Å². The Hall–Kier alpha value is -1.70. The van der Waals surface area contributed by atoms with Crippen molar-refractivity contribution in [3.63, 3.8) is 0 Å². The van der Waals surface area contributed by atoms with Crippen LogP contribution in [-0.4, -0.2) is 76.7 Å². The Morgan fingerprint density at radius 1 is 1.22 bits per heavy atom. The molecular formula is C20H29N5O2. The standard InChI is InChI=1S/C20H29N5O2/c26-16-11-20(14-25(13-16)15-2-9-27-10-3-15)4-7-24(8-5-20)19-17-12-22-23-18(17)1-6-21-19/h1,6,12,15-16,26H,2-5,7-11,13-14H2,(H,22,23). The maximum absolute atomic E-state index is 10.6. The van der Waals surface area contributed by atoms with Gasteiger partial charge in [0.1, 0.15) is 5.82 Å². The number of hydrogen-bond donors (Lipinski definition) is 2. The first-order valence-corrected chi connectivity index (χ1v) is 10.3. The number of aromatic amines is 1. The second-order valence-electron chi connectivity index (χ2n) is 8.58. The fraction of sp³-hybridized carbons (Fsp3) is 0.700. The number of likely N-dealkylation sites (tertiary alicyclic amines) is 1. The summed E-state index contributed by atoms with van der Waals surface area (Å²) < 4.78 is 5.54. The zero-order valence-electron chi connectivity index (χ0n) is 15.8. The number of aromatic nitrogens is 3. The lowest BCUT2D eigenvalue weighted by Gasteiger charge is -2.51. The number of hydrogen-bond acceptors (Lipinski definition) is 6. The molecule has 2 aromatic rings. The highest BCUT2D eigenvalue weighted by Crippen LogP contribution is 2.42. The summed E-state index contributed by atoms with van der Waals surface area (Å²) >= 11 is 0. The minimum absolute atomic E-state index is 0.205. The summed E-state index contributed by atoms with van der Waals surface area (Å²) in [5.74, 6) is 1.04. The highest BCUT2D eigenvalue weighted by atomic mass is 16.5. The van der Waals surface area contributed by atoms with Gasteiger partial charge in [0, 0.05) is 51.6 Å². The SMILES string of the molecule is OC1CN(C2CCOCC2)CC2(CCN(c3nccc4[nH]ncc34)CC2)C1. The number of nitrogens with one attached hydrogen (secondary N) is 1. The third kappa shape index (κ3) is 3.32. The van der Waals surface area contributed by atoms with E-state index in [2.05, 4.69) is 25.0 Å². The van der Waals surface area contributed by atoms with Gasteiger partial charge >= 0.3 is 0 Å². The number of H-pyrrole nitrogens is 1. The molecule has 0 amide bonds. The predicted octanol–water partition coefficient (Wildman–Crippen LogP) is 1.79. The van der Waals surface area contributed by atoms with E-state index in [1.165, 1.54) is 0 Å². The third-order valence-electron chi connectivity index (χ3n) is 6.83. The van der Waals surface area contributed by atoms with Gasteiger partial charge in [-0.25, -0.2) is 4.98 Å². The van der Waals surface area contributed by atoms with Crippen LogP contribution in [-0.2, 0) is 4.74 Å². The van der Waals surface area contributed by atoms with Gasteiger partial charge in [-0.3, -0.25) is 10.00 Å². The first-order valence-electron chi connectivity index (χ1n) is 10.3. The number of ether oxygens (including phenoxy) is 1. The van der Waals surface area contributed by atoms with Gasteiger partial charge in [0.15, 0.2) is 0 Å². The average Bonchev–Trinajstić information content (AvgIpc) is 3.18. The Labute approximate surface area is 159 Å². The maximum Gasteiger partial charge on any atom is 0.139 e. The zero-order valence-corrected chi connectivity index (χ0v) is 15.8. The first kappa shape index (κ1) is 17.4. The van der Waals surface area contributed by atoms with E-state index in [9.17, 15) is 5.11 Å². The highest BCUT2D eigenvalue weighted by molar-refractivity contribution is 5.88. The van der Waals surface area contributed by atoms with Crippen LogP contribution in [0.25, 0.3) is 10.9 Å². The van der Waals surface area contributed by atoms with Crippen LogP contribution in [0.15, 0.2) is 18.5 Å². The van der Waals surface area contributed by atoms with Crippen molar-refractivity contribution < 1.29 is 9.84 Å². The molecule has 1 atom stereocenters. The normalized spacial score (nSPS) is 27.4. The smallest absolute Gasteiger partial charge is 0.139 e. The Kier molecular flexibility index (Phi) is 4.53. The highest BCUT2D eigenvalue weighted by Gasteiger charge is 2.43. The molecule has 5 heterocycles. The molecular weight excluding hydrogens is 342 g/mol. The Morgan fingerprint density at radius 2 is 2.04 bits per heavy atom. The summed E-state index contributed by atoms with van der Waals surface area (Å²) in [6.45, 7) is 5.64. The number of fused-ring (bicyclic) bond motifs is 1. The van der Waals surface area contributed by atoms with Crippen molar-refractivity contribution in [2.75, 3.05) is 44.3 Å². The molecule has 0 saturated carbocycles. The lowest BCUT2D eigenvalue weighted by Crippen LogP contribution is -2.57. The van der Waals surface area contributed by atoms with Crippen LogP contribution in [0.1, 0.15) is 32.1 Å². The van der Waals surface area contributed by atoms with Gasteiger partial charge in [-0.2, -0.15) is 5.10 Å². The number of anilines is 1. The fourth-order valence-electron chi connectivity index (χ4n) is 5.38. The molecule has 2 N–H and O–H groups in total. The summed E-state index contributed by atoms with van der Waals surface area (Å²) in [6.07, 6.45) is 8.88. The molecule has 27 heavy (non-hydrogen) atoms. The summed E-state index contributed by atoms with van der Waals surface area (Å²) in [5.41, 5.74) is 1.27. The Bertz CT molecular complexity index is 780. The van der Waals surface area contributed by atoms with E-state index >= 15 is 0 Å². The number of aliphatic hydroxyl groups is 1. The minimum atomic E-state index is -0.205. The minimum Gasteiger partial charge on any atom is -0.392 e. The summed E-state index contributed by atoms with van der Waals surface area (Å²) in [7, 11) is 0. The van der Waals surface area contributed by atoms with E-state index in [0.29, 0.717) is 6.04 Å². The molecule has 0 radical (unpaired) electrons. The van der Waals surface area contributed by atoms with Gasteiger partial charge in [-0.15, -0.1) is 0 Å². The van der Waals surface area contributed by atoms with Crippen LogP contribution in [0, 0.1) is 5.41 Å². The van der Waals surface area contributed by atoms with E-state index in [1.807, 2.05) is 18.5 Å². The molecule has 3 saturated heterocycles. The van der Waals surface area contributed by atoms with Crippen molar-refractivity contribution in [3.8, 4) is 0 Å². The molecule has 146 valence electrons. The number of aliphatic hydroxyl groups excluding tert-OH is 1. The number of piperidine rings is 2. The van der Waals surface area contributed by atoms with E-state index in [-0.39, 0.29) is 11.5 Å². The van der Waals surface area contributed by atoms with Gasteiger partial charge in [-0.05, 0) is 43.6 Å². The molecule has 3 aliphatic heterocycles. The molecule has 0 bridgehead atoms. The summed E-state index contributed by atoms with van der Waals surface area (Å²) in [5, 5.41) is 18.9. The molecule has 7 heteroatoms. The lowest BCUT2D eigenvalue weighted by molar-refractivity contribution is -0.0602. The summed E-state index contributed by atoms with van der Waals surface area (Å²) in [6, 6.07) is 2.55. The molecule has 7 nitrogen and oxygen atoms in total. The van der Waals surface area contributed by atoms with Gasteiger partial charge in [0.05, 0.1) is 23.2 Å². The first-order chi connectivity index (χ1) is 13.2. The van der Waals surface area contributed by atoms with E-state index in [1.54, 1.807) is 0 Å². The average molecular weight is 371 g/mol. The molecule has 0 aliphatic carbocycles. The van der Waals surface area contributed by atoms with E-state index in [0.717, 1.165) is 88.2 Å². The lowest BCUT2D eigenvalue weighted by atomic mass is 9.71. The summed E-state index contributed by atoms with van der Waals surface area (Å²) in [4.78, 5) is 9.58. The van der Waals surface area contributed by atoms with Crippen LogP contribution in [0.5, 0.6) is 0 Å². The second-order valence-corrected chi connectivity index (χ2v) is 8.58. The number of pyridine rings is 1. The van der Waals surface area contributed by atoms with E-state index < -0.39 is 0 Å².